The molecule has 1 fully saturated rings. The molecule has 0 bridgehead atoms. The molecule has 1 aliphatic rings. The average molecular weight is 293 g/mol. The fourth-order valence-corrected chi connectivity index (χ4v) is 2.28. The molecule has 0 radical (unpaired) electrons. The fraction of sp³-hybridized carbons (Fsp3) is 0.556. The Kier molecular flexibility index (Phi) is 3.43. The second kappa shape index (κ2) is 4.63. The van der Waals surface area contributed by atoms with Gasteiger partial charge in [0, 0.05) is 19.3 Å². The molecule has 4 nitrogen and oxygen atoms in total. The number of β-amino-alcohol motifs (C(OH)–C–C–N with tert-alkyl or cyclic N) is 1. The van der Waals surface area contributed by atoms with Crippen molar-refractivity contribution >= 4 is 33.3 Å². The molecule has 1 saturated heterocycles. The van der Waals surface area contributed by atoms with Crippen molar-refractivity contribution < 1.29 is 5.11 Å². The van der Waals surface area contributed by atoms with Gasteiger partial charge in [0.15, 0.2) is 0 Å². The van der Waals surface area contributed by atoms with Gasteiger partial charge in [-0.15, -0.1) is 0 Å². The molecule has 1 aliphatic heterocycles. The van der Waals surface area contributed by atoms with E-state index in [2.05, 4.69) is 25.9 Å². The van der Waals surface area contributed by atoms with Crippen LogP contribution in [-0.4, -0.2) is 34.3 Å². The summed E-state index contributed by atoms with van der Waals surface area (Å²) in [7, 11) is 0. The molecular formula is C9H11BrClN3O. The lowest BCUT2D eigenvalue weighted by Gasteiger charge is -2.31. The summed E-state index contributed by atoms with van der Waals surface area (Å²) in [5, 5.41) is 9.80. The first-order valence-corrected chi connectivity index (χ1v) is 5.95. The first kappa shape index (κ1) is 11.1. The van der Waals surface area contributed by atoms with E-state index in [0.29, 0.717) is 6.54 Å². The highest BCUT2D eigenvalue weighted by Crippen LogP contribution is 2.26. The Morgan fingerprint density at radius 1 is 1.60 bits per heavy atom. The molecule has 1 unspecified atom stereocenters. The largest absolute Gasteiger partial charge is 0.391 e. The molecule has 1 aromatic rings. The van der Waals surface area contributed by atoms with Crippen LogP contribution in [-0.2, 0) is 0 Å². The lowest BCUT2D eigenvalue weighted by Crippen LogP contribution is -2.38. The summed E-state index contributed by atoms with van der Waals surface area (Å²) in [6.45, 7) is 1.49. The van der Waals surface area contributed by atoms with Crippen molar-refractivity contribution in [2.24, 2.45) is 0 Å². The van der Waals surface area contributed by atoms with Crippen LogP contribution in [0.4, 0.5) is 5.82 Å². The van der Waals surface area contributed by atoms with Crippen LogP contribution in [0.5, 0.6) is 0 Å². The molecule has 1 atom stereocenters. The molecule has 82 valence electrons. The van der Waals surface area contributed by atoms with Crippen LogP contribution in [0.2, 0.25) is 5.28 Å². The topological polar surface area (TPSA) is 49.2 Å². The maximum Gasteiger partial charge on any atom is 0.224 e. The zero-order chi connectivity index (χ0) is 10.8. The van der Waals surface area contributed by atoms with Crippen molar-refractivity contribution in [1.29, 1.82) is 0 Å². The minimum absolute atomic E-state index is 0.230. The molecule has 0 aliphatic carbocycles. The molecule has 0 spiro atoms. The van der Waals surface area contributed by atoms with Crippen LogP contribution in [0.25, 0.3) is 0 Å². The molecule has 1 N–H and O–H groups in total. The predicted molar refractivity (Wildman–Crippen MR) is 62.2 cm³/mol. The van der Waals surface area contributed by atoms with Crippen molar-refractivity contribution in [2.45, 2.75) is 18.9 Å². The molecule has 0 saturated carbocycles. The Hall–Kier alpha value is -0.390. The summed E-state index contributed by atoms with van der Waals surface area (Å²) in [6, 6.07) is 0. The number of aliphatic hydroxyl groups excluding tert-OH is 1. The number of aromatic nitrogens is 2. The van der Waals surface area contributed by atoms with Crippen LogP contribution < -0.4 is 4.90 Å². The number of hydrogen-bond donors (Lipinski definition) is 1. The van der Waals surface area contributed by atoms with Crippen molar-refractivity contribution in [3.63, 3.8) is 0 Å². The maximum absolute atomic E-state index is 9.57. The van der Waals surface area contributed by atoms with E-state index in [0.717, 1.165) is 29.7 Å². The van der Waals surface area contributed by atoms with Gasteiger partial charge in [0.25, 0.3) is 0 Å². The lowest BCUT2D eigenvalue weighted by atomic mass is 10.1. The number of aliphatic hydroxyl groups is 1. The third-order valence-electron chi connectivity index (χ3n) is 2.39. The van der Waals surface area contributed by atoms with Gasteiger partial charge >= 0.3 is 0 Å². The molecule has 2 rings (SSSR count). The van der Waals surface area contributed by atoms with Gasteiger partial charge in [-0.25, -0.2) is 4.98 Å². The van der Waals surface area contributed by atoms with Crippen LogP contribution in [0.3, 0.4) is 0 Å². The van der Waals surface area contributed by atoms with E-state index >= 15 is 0 Å². The zero-order valence-corrected chi connectivity index (χ0v) is 10.4. The van der Waals surface area contributed by atoms with E-state index in [1.165, 1.54) is 0 Å². The Morgan fingerprint density at radius 2 is 2.40 bits per heavy atom. The molecule has 1 aromatic heterocycles. The van der Waals surface area contributed by atoms with E-state index in [9.17, 15) is 5.11 Å². The highest BCUT2D eigenvalue weighted by molar-refractivity contribution is 9.10. The van der Waals surface area contributed by atoms with E-state index < -0.39 is 0 Å². The Morgan fingerprint density at radius 3 is 3.13 bits per heavy atom. The SMILES string of the molecule is OC1CCCN(c2nc(Cl)ncc2Br)C1. The summed E-state index contributed by atoms with van der Waals surface area (Å²) in [6.07, 6.45) is 3.17. The monoisotopic (exact) mass is 291 g/mol. The number of rotatable bonds is 1. The molecule has 0 aromatic carbocycles. The number of halogens is 2. The fourth-order valence-electron chi connectivity index (χ4n) is 1.71. The Labute approximate surface area is 101 Å². The van der Waals surface area contributed by atoms with Gasteiger partial charge in [0.05, 0.1) is 10.6 Å². The normalized spacial score (nSPS) is 21.8. The summed E-state index contributed by atoms with van der Waals surface area (Å²) < 4.78 is 0.806. The second-order valence-corrected chi connectivity index (χ2v) is 4.75. The van der Waals surface area contributed by atoms with Crippen molar-refractivity contribution in [1.82, 2.24) is 9.97 Å². The maximum atomic E-state index is 9.57. The van der Waals surface area contributed by atoms with E-state index in [4.69, 9.17) is 11.6 Å². The Bertz CT molecular complexity index is 363. The number of piperidine rings is 1. The van der Waals surface area contributed by atoms with Crippen molar-refractivity contribution in [3.8, 4) is 0 Å². The molecule has 6 heteroatoms. The average Bonchev–Trinajstić information content (AvgIpc) is 2.22. The van der Waals surface area contributed by atoms with Gasteiger partial charge < -0.3 is 10.0 Å². The van der Waals surface area contributed by atoms with Gasteiger partial charge in [0.1, 0.15) is 5.82 Å². The van der Waals surface area contributed by atoms with Gasteiger partial charge in [-0.05, 0) is 40.4 Å². The molecule has 0 amide bonds. The van der Waals surface area contributed by atoms with Gasteiger partial charge in [0.2, 0.25) is 5.28 Å². The third kappa shape index (κ3) is 2.59. The van der Waals surface area contributed by atoms with Gasteiger partial charge in [-0.1, -0.05) is 0 Å². The summed E-state index contributed by atoms with van der Waals surface area (Å²) in [4.78, 5) is 10.0. The highest BCUT2D eigenvalue weighted by atomic mass is 79.9. The predicted octanol–water partition coefficient (Wildman–Crippen LogP) is 1.85. The smallest absolute Gasteiger partial charge is 0.224 e. The zero-order valence-electron chi connectivity index (χ0n) is 8.03. The summed E-state index contributed by atoms with van der Waals surface area (Å²) >= 11 is 9.12. The van der Waals surface area contributed by atoms with Crippen molar-refractivity contribution in [2.75, 3.05) is 18.0 Å². The highest BCUT2D eigenvalue weighted by Gasteiger charge is 2.20. The number of nitrogens with zero attached hydrogens (tertiary/aromatic N) is 3. The molecule has 15 heavy (non-hydrogen) atoms. The first-order valence-electron chi connectivity index (χ1n) is 4.78. The summed E-state index contributed by atoms with van der Waals surface area (Å²) in [5.41, 5.74) is 0. The second-order valence-electron chi connectivity index (χ2n) is 3.55. The third-order valence-corrected chi connectivity index (χ3v) is 3.13. The minimum atomic E-state index is -0.278. The minimum Gasteiger partial charge on any atom is -0.391 e. The van der Waals surface area contributed by atoms with E-state index in [-0.39, 0.29) is 11.4 Å². The van der Waals surface area contributed by atoms with Gasteiger partial charge in [-0.2, -0.15) is 4.98 Å². The van der Waals surface area contributed by atoms with Crippen LogP contribution in [0, 0.1) is 0 Å². The van der Waals surface area contributed by atoms with Crippen LogP contribution in [0.1, 0.15) is 12.8 Å². The van der Waals surface area contributed by atoms with Crippen molar-refractivity contribution in [3.05, 3.63) is 16.0 Å². The van der Waals surface area contributed by atoms with E-state index in [1.54, 1.807) is 6.20 Å². The van der Waals surface area contributed by atoms with E-state index in [1.807, 2.05) is 4.90 Å². The van der Waals surface area contributed by atoms with Crippen LogP contribution >= 0.6 is 27.5 Å². The van der Waals surface area contributed by atoms with Gasteiger partial charge in [-0.3, -0.25) is 0 Å². The standard InChI is InChI=1S/C9H11BrClN3O/c10-7-4-12-9(11)13-8(7)14-3-1-2-6(15)5-14/h4,6,15H,1-3,5H2. The number of anilines is 1. The Balaban J connectivity index is 2.24. The first-order chi connectivity index (χ1) is 7.16. The molecule has 2 heterocycles. The quantitative estimate of drug-likeness (QED) is 0.803. The lowest BCUT2D eigenvalue weighted by molar-refractivity contribution is 0.154. The van der Waals surface area contributed by atoms with Crippen LogP contribution in [0.15, 0.2) is 10.7 Å². The molecular weight excluding hydrogens is 281 g/mol. The number of hydrogen-bond acceptors (Lipinski definition) is 4. The summed E-state index contributed by atoms with van der Waals surface area (Å²) in [5.74, 6) is 0.758.